The number of hydrogen-bond acceptors (Lipinski definition) is 6. The van der Waals surface area contributed by atoms with E-state index < -0.39 is 23.7 Å². The largest absolute Gasteiger partial charge is 0.361 e. The van der Waals surface area contributed by atoms with Crippen LogP contribution in [0.15, 0.2) is 113 Å². The zero-order valence-corrected chi connectivity index (χ0v) is 29.9. The van der Waals surface area contributed by atoms with Gasteiger partial charge in [0.05, 0.1) is 16.2 Å². The Hall–Kier alpha value is -4.35. The Kier molecular flexibility index (Phi) is 9.53. The maximum Gasteiger partial charge on any atom is 0.230 e. The fourth-order valence-electron chi connectivity index (χ4n) is 5.50. The van der Waals surface area contributed by atoms with Gasteiger partial charge in [-0.25, -0.2) is 13.4 Å². The lowest BCUT2D eigenvalue weighted by Gasteiger charge is -2.17. The van der Waals surface area contributed by atoms with E-state index in [2.05, 4.69) is 24.6 Å². The van der Waals surface area contributed by atoms with Gasteiger partial charge in [0.2, 0.25) is 15.6 Å². The number of fused-ring (bicyclic) bond motifs is 1. The number of ketones is 1. The first-order valence-electron chi connectivity index (χ1n) is 15.7. The molecule has 6 aromatic rings. The summed E-state index contributed by atoms with van der Waals surface area (Å²) in [5, 5.41) is 1.24. The van der Waals surface area contributed by atoms with Crippen molar-refractivity contribution in [1.82, 2.24) is 19.1 Å². The van der Waals surface area contributed by atoms with Gasteiger partial charge in [0.15, 0.2) is 10.9 Å². The lowest BCUT2D eigenvalue weighted by molar-refractivity contribution is 0.0764. The van der Waals surface area contributed by atoms with E-state index in [0.717, 1.165) is 28.1 Å². The summed E-state index contributed by atoms with van der Waals surface area (Å²) in [6.07, 6.45) is 3.38. The number of pyridine rings is 1. The number of carbonyl (C=O) groups excluding carboxylic acids is 1. The van der Waals surface area contributed by atoms with Crippen LogP contribution >= 0.6 is 11.6 Å². The molecule has 8 nitrogen and oxygen atoms in total. The van der Waals surface area contributed by atoms with Crippen LogP contribution in [0.1, 0.15) is 27.3 Å². The highest BCUT2D eigenvalue weighted by molar-refractivity contribution is 7.91. The highest BCUT2D eigenvalue weighted by Crippen LogP contribution is 2.34. The van der Waals surface area contributed by atoms with E-state index in [1.165, 1.54) is 4.57 Å². The molecule has 11 heteroatoms. The summed E-state index contributed by atoms with van der Waals surface area (Å²) >= 11 is 6.13. The van der Waals surface area contributed by atoms with E-state index in [-0.39, 0.29) is 28.2 Å². The SMILES string of the molecule is Cc1ccc(S(=O)(=O)c2c(-c3ccccn3)nc(C(=O)c3cn(Cc4ccc(Cl)cc4)c4ccccc34)n2COCC[Si](C)(C)C)cc1. The number of carbonyl (C=O) groups is 1. The third-order valence-corrected chi connectivity index (χ3v) is 11.9. The first kappa shape index (κ1) is 33.5. The Balaban J connectivity index is 1.53. The number of benzene rings is 3. The van der Waals surface area contributed by atoms with E-state index in [1.54, 1.807) is 54.9 Å². The Morgan fingerprint density at radius 3 is 2.31 bits per heavy atom. The molecular weight excluding hydrogens is 660 g/mol. The van der Waals surface area contributed by atoms with Gasteiger partial charge in [0.25, 0.3) is 0 Å². The molecule has 0 radical (unpaired) electrons. The molecule has 3 aromatic carbocycles. The molecule has 0 N–H and O–H groups in total. The lowest BCUT2D eigenvalue weighted by Crippen LogP contribution is -2.23. The molecule has 3 heterocycles. The van der Waals surface area contributed by atoms with Gasteiger partial charge in [0.1, 0.15) is 12.4 Å². The van der Waals surface area contributed by atoms with Crippen molar-refractivity contribution in [3.8, 4) is 11.4 Å². The van der Waals surface area contributed by atoms with Crippen molar-refractivity contribution >= 4 is 46.2 Å². The number of sulfone groups is 1. The van der Waals surface area contributed by atoms with Crippen molar-refractivity contribution < 1.29 is 17.9 Å². The number of nitrogens with zero attached hydrogens (tertiary/aromatic N) is 4. The number of imidazole rings is 1. The molecule has 0 aliphatic rings. The molecule has 0 saturated heterocycles. The molecule has 246 valence electrons. The summed E-state index contributed by atoms with van der Waals surface area (Å²) in [6.45, 7) is 9.39. The van der Waals surface area contributed by atoms with Gasteiger partial charge in [-0.1, -0.05) is 85.3 Å². The van der Waals surface area contributed by atoms with E-state index in [9.17, 15) is 13.2 Å². The highest BCUT2D eigenvalue weighted by Gasteiger charge is 2.34. The molecule has 0 saturated carbocycles. The van der Waals surface area contributed by atoms with Crippen LogP contribution in [0.25, 0.3) is 22.3 Å². The molecule has 0 fully saturated rings. The minimum absolute atomic E-state index is 0.0382. The average Bonchev–Trinajstić information content (AvgIpc) is 3.64. The van der Waals surface area contributed by atoms with Crippen LogP contribution in [-0.4, -0.2) is 48.0 Å². The Bertz CT molecular complexity index is 2190. The number of para-hydroxylation sites is 1. The number of aryl methyl sites for hydroxylation is 1. The second-order valence-corrected chi connectivity index (χ2v) is 21.0. The normalized spacial score (nSPS) is 12.1. The van der Waals surface area contributed by atoms with Crippen molar-refractivity contribution in [3.05, 3.63) is 131 Å². The van der Waals surface area contributed by atoms with Gasteiger partial charge in [-0.2, -0.15) is 0 Å². The van der Waals surface area contributed by atoms with Crippen LogP contribution in [0.2, 0.25) is 30.7 Å². The van der Waals surface area contributed by atoms with Gasteiger partial charge in [-0.3, -0.25) is 14.3 Å². The molecule has 0 aliphatic carbocycles. The number of ether oxygens (including phenoxy) is 1. The van der Waals surface area contributed by atoms with Gasteiger partial charge in [-0.15, -0.1) is 0 Å². The first-order valence-corrected chi connectivity index (χ1v) is 21.3. The van der Waals surface area contributed by atoms with Crippen LogP contribution in [0.4, 0.5) is 0 Å². The monoisotopic (exact) mass is 696 g/mol. The second kappa shape index (κ2) is 13.6. The zero-order chi connectivity index (χ0) is 34.1. The van der Waals surface area contributed by atoms with Crippen LogP contribution in [-0.2, 0) is 27.8 Å². The predicted octanol–water partition coefficient (Wildman–Crippen LogP) is 8.29. The minimum atomic E-state index is -4.19. The molecule has 0 atom stereocenters. The second-order valence-electron chi connectivity index (χ2n) is 13.0. The van der Waals surface area contributed by atoms with Gasteiger partial charge in [-0.05, 0) is 61.0 Å². The predicted molar refractivity (Wildman–Crippen MR) is 192 cm³/mol. The number of aromatic nitrogens is 4. The van der Waals surface area contributed by atoms with Gasteiger partial charge < -0.3 is 9.30 Å². The standard InChI is InChI=1S/C37H37ClN4O4SSi/c1-26-12-18-29(19-13-26)47(44,45)37-34(32-10-7-8-20-39-32)40-36(42(37)25-46-21-22-48(2,3)4)35(43)31-24-41(33-11-6-5-9-30(31)33)23-27-14-16-28(38)17-15-27/h5-20,24H,21-23,25H2,1-4H3. The lowest BCUT2D eigenvalue weighted by atomic mass is 10.1. The van der Waals surface area contributed by atoms with Crippen molar-refractivity contribution in [2.75, 3.05) is 6.61 Å². The van der Waals surface area contributed by atoms with Crippen LogP contribution in [0.3, 0.4) is 0 Å². The Morgan fingerprint density at radius 1 is 0.917 bits per heavy atom. The van der Waals surface area contributed by atoms with E-state index in [1.807, 2.05) is 60.0 Å². The zero-order valence-electron chi connectivity index (χ0n) is 27.4. The topological polar surface area (TPSA) is 96.1 Å². The van der Waals surface area contributed by atoms with E-state index in [4.69, 9.17) is 21.3 Å². The quantitative estimate of drug-likeness (QED) is 0.0726. The third kappa shape index (κ3) is 7.07. The molecule has 0 bridgehead atoms. The first-order chi connectivity index (χ1) is 22.9. The fourth-order valence-corrected chi connectivity index (χ4v) is 7.94. The van der Waals surface area contributed by atoms with E-state index >= 15 is 0 Å². The molecule has 0 spiro atoms. The molecular formula is C37H37ClN4O4SSi. The van der Waals surface area contributed by atoms with Crippen LogP contribution < -0.4 is 0 Å². The van der Waals surface area contributed by atoms with Crippen molar-refractivity contribution in [2.45, 2.75) is 55.8 Å². The average molecular weight is 697 g/mol. The summed E-state index contributed by atoms with van der Waals surface area (Å²) in [5.41, 5.74) is 3.63. The Labute approximate surface area is 286 Å². The molecule has 0 unspecified atom stereocenters. The van der Waals surface area contributed by atoms with Gasteiger partial charge in [0, 0.05) is 49.5 Å². The maximum atomic E-state index is 14.7. The molecule has 48 heavy (non-hydrogen) atoms. The summed E-state index contributed by atoms with van der Waals surface area (Å²) in [5.74, 6) is -0.457. The number of halogens is 1. The van der Waals surface area contributed by atoms with Crippen molar-refractivity contribution in [2.24, 2.45) is 0 Å². The Morgan fingerprint density at radius 2 is 1.62 bits per heavy atom. The maximum absolute atomic E-state index is 14.7. The summed E-state index contributed by atoms with van der Waals surface area (Å²) < 4.78 is 38.6. The number of hydrogen-bond donors (Lipinski definition) is 0. The smallest absolute Gasteiger partial charge is 0.230 e. The molecule has 3 aromatic heterocycles. The van der Waals surface area contributed by atoms with Crippen molar-refractivity contribution in [3.63, 3.8) is 0 Å². The van der Waals surface area contributed by atoms with Crippen molar-refractivity contribution in [1.29, 1.82) is 0 Å². The molecule has 0 amide bonds. The minimum Gasteiger partial charge on any atom is -0.361 e. The van der Waals surface area contributed by atoms with Crippen LogP contribution in [0, 0.1) is 6.92 Å². The molecule has 0 aliphatic heterocycles. The van der Waals surface area contributed by atoms with Gasteiger partial charge >= 0.3 is 0 Å². The molecule has 6 rings (SSSR count). The highest BCUT2D eigenvalue weighted by atomic mass is 35.5. The van der Waals surface area contributed by atoms with E-state index in [0.29, 0.717) is 29.4 Å². The summed E-state index contributed by atoms with van der Waals surface area (Å²) in [6, 6.07) is 27.9. The van der Waals surface area contributed by atoms with Crippen LogP contribution in [0.5, 0.6) is 0 Å². The summed E-state index contributed by atoms with van der Waals surface area (Å²) in [4.78, 5) is 24.0. The fraction of sp³-hybridized carbons (Fsp3) is 0.216. The number of rotatable bonds is 12. The third-order valence-electron chi connectivity index (χ3n) is 8.13. The summed E-state index contributed by atoms with van der Waals surface area (Å²) in [7, 11) is -5.64.